The summed E-state index contributed by atoms with van der Waals surface area (Å²) in [5, 5.41) is 0. The van der Waals surface area contributed by atoms with Crippen LogP contribution in [0.2, 0.25) is 0 Å². The highest BCUT2D eigenvalue weighted by Crippen LogP contribution is 2.22. The largest absolute Gasteiger partial charge is 0.327 e. The zero-order valence-corrected chi connectivity index (χ0v) is 13.5. The highest BCUT2D eigenvalue weighted by molar-refractivity contribution is 9.10. The van der Waals surface area contributed by atoms with Gasteiger partial charge in [0.2, 0.25) is 0 Å². The maximum absolute atomic E-state index is 5.98. The number of thioether (sulfide) groups is 1. The van der Waals surface area contributed by atoms with Gasteiger partial charge in [-0.3, -0.25) is 0 Å². The van der Waals surface area contributed by atoms with Gasteiger partial charge in [0.25, 0.3) is 0 Å². The SMILES string of the molecule is CSCCCCn1c(CCl)nc2cc(Br)ccc21. The molecule has 0 aliphatic rings. The minimum atomic E-state index is 0.467. The first-order valence-electron chi connectivity index (χ1n) is 5.96. The summed E-state index contributed by atoms with van der Waals surface area (Å²) < 4.78 is 3.30. The molecule has 18 heavy (non-hydrogen) atoms. The zero-order valence-electron chi connectivity index (χ0n) is 10.3. The Hall–Kier alpha value is -0.190. The van der Waals surface area contributed by atoms with Crippen LogP contribution in [0.1, 0.15) is 18.7 Å². The average Bonchev–Trinajstić information content (AvgIpc) is 2.71. The first-order chi connectivity index (χ1) is 8.76. The lowest BCUT2D eigenvalue weighted by Gasteiger charge is -2.07. The molecule has 0 aliphatic carbocycles. The minimum Gasteiger partial charge on any atom is -0.327 e. The van der Waals surface area contributed by atoms with E-state index in [1.807, 2.05) is 17.8 Å². The van der Waals surface area contributed by atoms with Crippen molar-refractivity contribution in [2.24, 2.45) is 0 Å². The monoisotopic (exact) mass is 346 g/mol. The second-order valence-electron chi connectivity index (χ2n) is 4.15. The Morgan fingerprint density at radius 1 is 1.39 bits per heavy atom. The van der Waals surface area contributed by atoms with Crippen LogP contribution < -0.4 is 0 Å². The van der Waals surface area contributed by atoms with E-state index in [1.54, 1.807) is 0 Å². The first kappa shape index (κ1) is 14.2. The fourth-order valence-corrected chi connectivity index (χ4v) is 3.07. The van der Waals surface area contributed by atoms with Crippen molar-refractivity contribution >= 4 is 50.3 Å². The summed E-state index contributed by atoms with van der Waals surface area (Å²) in [6.45, 7) is 1.00. The lowest BCUT2D eigenvalue weighted by molar-refractivity contribution is 0.631. The van der Waals surface area contributed by atoms with Crippen molar-refractivity contribution < 1.29 is 0 Å². The van der Waals surface area contributed by atoms with Crippen molar-refractivity contribution in [2.45, 2.75) is 25.3 Å². The van der Waals surface area contributed by atoms with E-state index in [9.17, 15) is 0 Å². The Kier molecular flexibility index (Phi) is 5.39. The van der Waals surface area contributed by atoms with E-state index in [4.69, 9.17) is 11.6 Å². The number of benzene rings is 1. The number of hydrogen-bond donors (Lipinski definition) is 0. The third-order valence-corrected chi connectivity index (χ3v) is 4.32. The van der Waals surface area contributed by atoms with Crippen LogP contribution in [0.25, 0.3) is 11.0 Å². The normalized spacial score (nSPS) is 11.3. The van der Waals surface area contributed by atoms with Gasteiger partial charge in [-0.05, 0) is 43.0 Å². The van der Waals surface area contributed by atoms with E-state index in [0.717, 1.165) is 22.4 Å². The van der Waals surface area contributed by atoms with Crippen LogP contribution in [-0.2, 0) is 12.4 Å². The summed E-state index contributed by atoms with van der Waals surface area (Å²) in [7, 11) is 0. The minimum absolute atomic E-state index is 0.467. The van der Waals surface area contributed by atoms with Gasteiger partial charge in [0.1, 0.15) is 5.82 Å². The van der Waals surface area contributed by atoms with Gasteiger partial charge in [0, 0.05) is 11.0 Å². The van der Waals surface area contributed by atoms with E-state index in [2.05, 4.69) is 43.9 Å². The molecule has 0 amide bonds. The third-order valence-electron chi connectivity index (χ3n) is 2.89. The Balaban J connectivity index is 2.23. The van der Waals surface area contributed by atoms with Crippen LogP contribution >= 0.6 is 39.3 Å². The number of aryl methyl sites for hydroxylation is 1. The van der Waals surface area contributed by atoms with Gasteiger partial charge >= 0.3 is 0 Å². The molecule has 2 aromatic rings. The van der Waals surface area contributed by atoms with Crippen LogP contribution in [-0.4, -0.2) is 21.6 Å². The van der Waals surface area contributed by atoms with Gasteiger partial charge < -0.3 is 4.57 Å². The van der Waals surface area contributed by atoms with Crippen LogP contribution in [0.15, 0.2) is 22.7 Å². The number of hydrogen-bond acceptors (Lipinski definition) is 2. The van der Waals surface area contributed by atoms with E-state index in [0.29, 0.717) is 5.88 Å². The van der Waals surface area contributed by atoms with Crippen molar-refractivity contribution in [1.29, 1.82) is 0 Å². The van der Waals surface area contributed by atoms with E-state index in [1.165, 1.54) is 24.1 Å². The molecule has 0 saturated heterocycles. The Morgan fingerprint density at radius 2 is 2.22 bits per heavy atom. The smallest absolute Gasteiger partial charge is 0.124 e. The molecule has 0 spiro atoms. The zero-order chi connectivity index (χ0) is 13.0. The third kappa shape index (κ3) is 3.22. The number of alkyl halides is 1. The summed E-state index contributed by atoms with van der Waals surface area (Å²) in [5.41, 5.74) is 2.20. The molecule has 0 unspecified atom stereocenters. The number of halogens is 2. The maximum atomic E-state index is 5.98. The van der Waals surface area contributed by atoms with Crippen molar-refractivity contribution in [3.05, 3.63) is 28.5 Å². The topological polar surface area (TPSA) is 17.8 Å². The second-order valence-corrected chi connectivity index (χ2v) is 6.31. The molecule has 1 heterocycles. The summed E-state index contributed by atoms with van der Waals surface area (Å²) in [6.07, 6.45) is 4.56. The standard InChI is InChI=1S/C13H16BrClN2S/c1-18-7-3-2-6-17-12-5-4-10(14)8-11(12)16-13(17)9-15/h4-5,8H,2-3,6-7,9H2,1H3. The van der Waals surface area contributed by atoms with Crippen molar-refractivity contribution in [1.82, 2.24) is 9.55 Å². The average molecular weight is 348 g/mol. The number of rotatable bonds is 6. The highest BCUT2D eigenvalue weighted by atomic mass is 79.9. The van der Waals surface area contributed by atoms with Crippen LogP contribution in [0.5, 0.6) is 0 Å². The summed E-state index contributed by atoms with van der Waals surface area (Å²) in [6, 6.07) is 6.21. The van der Waals surface area contributed by atoms with Crippen molar-refractivity contribution in [2.75, 3.05) is 12.0 Å². The molecule has 0 radical (unpaired) electrons. The van der Waals surface area contributed by atoms with Crippen LogP contribution in [0, 0.1) is 0 Å². The fraction of sp³-hybridized carbons (Fsp3) is 0.462. The van der Waals surface area contributed by atoms with Crippen molar-refractivity contribution in [3.63, 3.8) is 0 Å². The van der Waals surface area contributed by atoms with Gasteiger partial charge in [-0.25, -0.2) is 4.98 Å². The van der Waals surface area contributed by atoms with E-state index in [-0.39, 0.29) is 0 Å². The lowest BCUT2D eigenvalue weighted by Crippen LogP contribution is -2.02. The molecular weight excluding hydrogens is 332 g/mol. The van der Waals surface area contributed by atoms with Gasteiger partial charge in [-0.1, -0.05) is 15.9 Å². The highest BCUT2D eigenvalue weighted by Gasteiger charge is 2.09. The van der Waals surface area contributed by atoms with Gasteiger partial charge in [0.15, 0.2) is 0 Å². The molecular formula is C13H16BrClN2S. The van der Waals surface area contributed by atoms with Gasteiger partial charge in [0.05, 0.1) is 16.9 Å². The maximum Gasteiger partial charge on any atom is 0.124 e. The molecule has 5 heteroatoms. The van der Waals surface area contributed by atoms with Crippen LogP contribution in [0.3, 0.4) is 0 Å². The molecule has 2 rings (SSSR count). The summed E-state index contributed by atoms with van der Waals surface area (Å²) in [4.78, 5) is 4.59. The number of nitrogens with zero attached hydrogens (tertiary/aromatic N) is 2. The first-order valence-corrected chi connectivity index (χ1v) is 8.68. The quantitative estimate of drug-likeness (QED) is 0.557. The predicted molar refractivity (Wildman–Crippen MR) is 84.6 cm³/mol. The Bertz CT molecular complexity index is 527. The molecule has 98 valence electrons. The number of unbranched alkanes of at least 4 members (excludes halogenated alkanes) is 1. The second kappa shape index (κ2) is 6.83. The number of imidazole rings is 1. The summed E-state index contributed by atoms with van der Waals surface area (Å²) in [5.74, 6) is 2.65. The molecule has 0 atom stereocenters. The van der Waals surface area contributed by atoms with Crippen LogP contribution in [0.4, 0.5) is 0 Å². The molecule has 2 nitrogen and oxygen atoms in total. The molecule has 0 bridgehead atoms. The molecule has 0 N–H and O–H groups in total. The molecule has 0 fully saturated rings. The fourth-order valence-electron chi connectivity index (χ4n) is 2.02. The van der Waals surface area contributed by atoms with E-state index >= 15 is 0 Å². The number of aromatic nitrogens is 2. The van der Waals surface area contributed by atoms with Crippen molar-refractivity contribution in [3.8, 4) is 0 Å². The van der Waals surface area contributed by atoms with Gasteiger partial charge in [-0.2, -0.15) is 11.8 Å². The predicted octanol–water partition coefficient (Wildman–Crippen LogP) is 4.68. The van der Waals surface area contributed by atoms with Gasteiger partial charge in [-0.15, -0.1) is 11.6 Å². The Morgan fingerprint density at radius 3 is 2.94 bits per heavy atom. The number of fused-ring (bicyclic) bond motifs is 1. The molecule has 1 aromatic heterocycles. The van der Waals surface area contributed by atoms with E-state index < -0.39 is 0 Å². The lowest BCUT2D eigenvalue weighted by atomic mass is 10.3. The Labute approximate surface area is 125 Å². The molecule has 0 aliphatic heterocycles. The molecule has 1 aromatic carbocycles. The molecule has 0 saturated carbocycles. The summed E-state index contributed by atoms with van der Waals surface area (Å²) >= 11 is 11.4.